The molecular weight excluding hydrogens is 340 g/mol. The van der Waals surface area contributed by atoms with Crippen LogP contribution in [-0.2, 0) is 16.0 Å². The minimum absolute atomic E-state index is 0.163. The van der Waals surface area contributed by atoms with Crippen molar-refractivity contribution in [2.75, 3.05) is 26.2 Å². The zero-order chi connectivity index (χ0) is 19.5. The molecule has 0 N–H and O–H groups in total. The first kappa shape index (κ1) is 20.2. The summed E-state index contributed by atoms with van der Waals surface area (Å²) in [5, 5.41) is 0. The van der Waals surface area contributed by atoms with E-state index in [1.54, 1.807) is 0 Å². The van der Waals surface area contributed by atoms with E-state index in [9.17, 15) is 4.79 Å². The van der Waals surface area contributed by atoms with Gasteiger partial charge >= 0.3 is 6.09 Å². The van der Waals surface area contributed by atoms with Crippen molar-refractivity contribution >= 4 is 6.09 Å². The summed E-state index contributed by atoms with van der Waals surface area (Å²) in [4.78, 5) is 16.8. The summed E-state index contributed by atoms with van der Waals surface area (Å²) in [7, 11) is 0. The molecule has 2 aliphatic rings. The van der Waals surface area contributed by atoms with E-state index in [1.807, 2.05) is 25.7 Å². The molecule has 27 heavy (non-hydrogen) atoms. The lowest BCUT2D eigenvalue weighted by Gasteiger charge is -2.45. The number of amides is 1. The maximum absolute atomic E-state index is 12.5. The zero-order valence-corrected chi connectivity index (χ0v) is 17.2. The lowest BCUT2D eigenvalue weighted by atomic mass is 9.91. The van der Waals surface area contributed by atoms with Gasteiger partial charge in [0.15, 0.2) is 0 Å². The fraction of sp³-hybridized carbons (Fsp3) is 0.682. The number of hydrogen-bond donors (Lipinski definition) is 0. The highest BCUT2D eigenvalue weighted by atomic mass is 16.6. The standard InChI is InChI=1S/C22H34N2O3/c1-18-15-23(16-19-9-6-5-7-10-19)17-22(26-18)11-8-13-24(14-12-22)20(25)27-21(2,3)4/h5-7,9-10,18H,8,11-17H2,1-4H3/t18-,22?/m0/s1. The van der Waals surface area contributed by atoms with E-state index in [2.05, 4.69) is 42.2 Å². The second kappa shape index (κ2) is 8.19. The van der Waals surface area contributed by atoms with Gasteiger partial charge in [0, 0.05) is 32.7 Å². The Kier molecular flexibility index (Phi) is 6.11. The van der Waals surface area contributed by atoms with Crippen LogP contribution in [0.3, 0.4) is 0 Å². The van der Waals surface area contributed by atoms with Crippen LogP contribution in [0.1, 0.15) is 52.5 Å². The van der Waals surface area contributed by atoms with E-state index in [-0.39, 0.29) is 17.8 Å². The maximum Gasteiger partial charge on any atom is 0.410 e. The van der Waals surface area contributed by atoms with E-state index in [4.69, 9.17) is 9.47 Å². The largest absolute Gasteiger partial charge is 0.444 e. The summed E-state index contributed by atoms with van der Waals surface area (Å²) in [6.45, 7) is 12.2. The molecule has 1 amide bonds. The van der Waals surface area contributed by atoms with Gasteiger partial charge in [0.25, 0.3) is 0 Å². The summed E-state index contributed by atoms with van der Waals surface area (Å²) in [5.74, 6) is 0. The second-order valence-electron chi connectivity index (χ2n) is 9.09. The van der Waals surface area contributed by atoms with Crippen molar-refractivity contribution in [3.05, 3.63) is 35.9 Å². The van der Waals surface area contributed by atoms with Crippen LogP contribution in [-0.4, -0.2) is 59.4 Å². The van der Waals surface area contributed by atoms with Gasteiger partial charge in [0.2, 0.25) is 0 Å². The quantitative estimate of drug-likeness (QED) is 0.783. The number of likely N-dealkylation sites (tertiary alicyclic amines) is 1. The number of benzene rings is 1. The second-order valence-corrected chi connectivity index (χ2v) is 9.09. The molecule has 2 saturated heterocycles. The molecule has 0 radical (unpaired) electrons. The van der Waals surface area contributed by atoms with Crippen LogP contribution in [0.15, 0.2) is 30.3 Å². The third-order valence-corrected chi connectivity index (χ3v) is 5.28. The Morgan fingerprint density at radius 1 is 1.22 bits per heavy atom. The van der Waals surface area contributed by atoms with Crippen LogP contribution in [0.4, 0.5) is 4.79 Å². The van der Waals surface area contributed by atoms with Gasteiger partial charge in [0.05, 0.1) is 11.7 Å². The van der Waals surface area contributed by atoms with Gasteiger partial charge in [-0.05, 0) is 52.5 Å². The molecule has 2 aliphatic heterocycles. The zero-order valence-electron chi connectivity index (χ0n) is 17.2. The summed E-state index contributed by atoms with van der Waals surface area (Å²) in [6, 6.07) is 10.6. The first-order valence-corrected chi connectivity index (χ1v) is 10.2. The number of carbonyl (C=O) groups excluding carboxylic acids is 1. The van der Waals surface area contributed by atoms with Gasteiger partial charge in [-0.2, -0.15) is 0 Å². The highest BCUT2D eigenvalue weighted by Crippen LogP contribution is 2.33. The minimum atomic E-state index is -0.455. The normalized spacial score (nSPS) is 27.4. The summed E-state index contributed by atoms with van der Waals surface area (Å²) < 4.78 is 12.0. The van der Waals surface area contributed by atoms with E-state index >= 15 is 0 Å². The van der Waals surface area contributed by atoms with Crippen molar-refractivity contribution < 1.29 is 14.3 Å². The van der Waals surface area contributed by atoms with Gasteiger partial charge < -0.3 is 14.4 Å². The molecule has 150 valence electrons. The minimum Gasteiger partial charge on any atom is -0.444 e. The van der Waals surface area contributed by atoms with Crippen LogP contribution < -0.4 is 0 Å². The first-order chi connectivity index (χ1) is 12.7. The third kappa shape index (κ3) is 5.69. The Hall–Kier alpha value is -1.59. The Bertz CT molecular complexity index is 628. The summed E-state index contributed by atoms with van der Waals surface area (Å²) in [5.41, 5.74) is 0.720. The number of hydrogen-bond acceptors (Lipinski definition) is 4. The third-order valence-electron chi connectivity index (χ3n) is 5.28. The summed E-state index contributed by atoms with van der Waals surface area (Å²) >= 11 is 0. The number of rotatable bonds is 2. The van der Waals surface area contributed by atoms with Crippen molar-refractivity contribution in [3.8, 4) is 0 Å². The fourth-order valence-electron chi connectivity index (χ4n) is 4.25. The molecule has 5 nitrogen and oxygen atoms in total. The molecule has 1 aromatic rings. The maximum atomic E-state index is 12.5. The Labute approximate surface area is 163 Å². The number of carbonyl (C=O) groups is 1. The van der Waals surface area contributed by atoms with Gasteiger partial charge in [-0.15, -0.1) is 0 Å². The Morgan fingerprint density at radius 2 is 1.96 bits per heavy atom. The average molecular weight is 375 g/mol. The lowest BCUT2D eigenvalue weighted by molar-refractivity contribution is -0.156. The Balaban J connectivity index is 1.63. The van der Waals surface area contributed by atoms with Gasteiger partial charge in [0.1, 0.15) is 5.60 Å². The van der Waals surface area contributed by atoms with Crippen molar-refractivity contribution in [2.45, 2.75) is 70.8 Å². The molecule has 1 spiro atoms. The predicted molar refractivity (Wildman–Crippen MR) is 107 cm³/mol. The van der Waals surface area contributed by atoms with Gasteiger partial charge in [-0.1, -0.05) is 30.3 Å². The van der Waals surface area contributed by atoms with Crippen molar-refractivity contribution in [2.24, 2.45) is 0 Å². The molecule has 2 atom stereocenters. The van der Waals surface area contributed by atoms with Crippen molar-refractivity contribution in [3.63, 3.8) is 0 Å². The monoisotopic (exact) mass is 374 g/mol. The van der Waals surface area contributed by atoms with E-state index < -0.39 is 5.60 Å². The van der Waals surface area contributed by atoms with Crippen LogP contribution in [0.2, 0.25) is 0 Å². The molecule has 1 aromatic carbocycles. The fourth-order valence-corrected chi connectivity index (χ4v) is 4.25. The molecule has 1 unspecified atom stereocenters. The number of nitrogens with zero attached hydrogens (tertiary/aromatic N) is 2. The molecule has 0 aliphatic carbocycles. The Morgan fingerprint density at radius 3 is 2.67 bits per heavy atom. The number of morpholine rings is 1. The smallest absolute Gasteiger partial charge is 0.410 e. The van der Waals surface area contributed by atoms with Gasteiger partial charge in [-0.25, -0.2) is 4.79 Å². The van der Waals surface area contributed by atoms with Gasteiger partial charge in [-0.3, -0.25) is 4.90 Å². The average Bonchev–Trinajstić information content (AvgIpc) is 2.76. The van der Waals surface area contributed by atoms with Crippen molar-refractivity contribution in [1.82, 2.24) is 9.80 Å². The van der Waals surface area contributed by atoms with E-state index in [1.165, 1.54) is 5.56 Å². The van der Waals surface area contributed by atoms with Crippen molar-refractivity contribution in [1.29, 1.82) is 0 Å². The van der Waals surface area contributed by atoms with Crippen LogP contribution >= 0.6 is 0 Å². The molecule has 2 heterocycles. The van der Waals surface area contributed by atoms with E-state index in [0.717, 1.165) is 45.4 Å². The molecule has 5 heteroatoms. The predicted octanol–water partition coefficient (Wildman–Crippen LogP) is 4.07. The first-order valence-electron chi connectivity index (χ1n) is 10.2. The molecule has 0 saturated carbocycles. The highest BCUT2D eigenvalue weighted by Gasteiger charge is 2.41. The molecule has 0 bridgehead atoms. The van der Waals surface area contributed by atoms with Crippen LogP contribution in [0.25, 0.3) is 0 Å². The molecular formula is C22H34N2O3. The molecule has 2 fully saturated rings. The number of ether oxygens (including phenoxy) is 2. The molecule has 3 rings (SSSR count). The molecule has 0 aromatic heterocycles. The highest BCUT2D eigenvalue weighted by molar-refractivity contribution is 5.68. The van der Waals surface area contributed by atoms with Crippen LogP contribution in [0, 0.1) is 0 Å². The summed E-state index contributed by atoms with van der Waals surface area (Å²) in [6.07, 6.45) is 2.80. The van der Waals surface area contributed by atoms with Crippen LogP contribution in [0.5, 0.6) is 0 Å². The SMILES string of the molecule is C[C@H]1CN(Cc2ccccc2)CC2(CCCN(C(=O)OC(C)(C)C)CC2)O1. The lowest BCUT2D eigenvalue weighted by Crippen LogP contribution is -2.55. The van der Waals surface area contributed by atoms with E-state index in [0.29, 0.717) is 6.54 Å². The topological polar surface area (TPSA) is 42.0 Å².